The highest BCUT2D eigenvalue weighted by Crippen LogP contribution is 2.04. The van der Waals surface area contributed by atoms with Gasteiger partial charge in [-0.25, -0.2) is 4.79 Å². The van der Waals surface area contributed by atoms with Crippen molar-refractivity contribution in [3.8, 4) is 0 Å². The highest BCUT2D eigenvalue weighted by atomic mass is 16.6. The van der Waals surface area contributed by atoms with Gasteiger partial charge in [0.2, 0.25) is 0 Å². The fourth-order valence-corrected chi connectivity index (χ4v) is 1.04. The third-order valence-corrected chi connectivity index (χ3v) is 1.72. The molecule has 0 aliphatic heterocycles. The lowest BCUT2D eigenvalue weighted by atomic mass is 10.3. The van der Waals surface area contributed by atoms with Crippen LogP contribution in [0.4, 0.5) is 10.5 Å². The van der Waals surface area contributed by atoms with Crippen LogP contribution >= 0.6 is 0 Å². The summed E-state index contributed by atoms with van der Waals surface area (Å²) in [5.41, 5.74) is 6.05. The number of carbonyl (C=O) groups is 1. The molecule has 88 valence electrons. The van der Waals surface area contributed by atoms with Crippen LogP contribution in [0.15, 0.2) is 30.3 Å². The Bertz CT molecular complexity index is 314. The molecule has 5 heteroatoms. The first-order valence-electron chi connectivity index (χ1n) is 5.04. The van der Waals surface area contributed by atoms with Crippen LogP contribution in [0.2, 0.25) is 0 Å². The van der Waals surface area contributed by atoms with E-state index in [1.54, 1.807) is 19.1 Å². The molecule has 0 aliphatic rings. The van der Waals surface area contributed by atoms with Gasteiger partial charge in [-0.05, 0) is 19.1 Å². The molecule has 0 heterocycles. The number of ether oxygens (including phenoxy) is 2. The molecule has 1 amide bonds. The number of hydrogen-bond acceptors (Lipinski definition) is 4. The first-order chi connectivity index (χ1) is 7.68. The van der Waals surface area contributed by atoms with Crippen LogP contribution in [0.1, 0.15) is 6.92 Å². The van der Waals surface area contributed by atoms with Crippen LogP contribution < -0.4 is 11.1 Å². The number of para-hydroxylation sites is 1. The lowest BCUT2D eigenvalue weighted by molar-refractivity contribution is 0.0369. The highest BCUT2D eigenvalue weighted by molar-refractivity contribution is 5.84. The molecular weight excluding hydrogens is 208 g/mol. The third kappa shape index (κ3) is 5.33. The van der Waals surface area contributed by atoms with Crippen molar-refractivity contribution in [3.63, 3.8) is 0 Å². The van der Waals surface area contributed by atoms with Crippen molar-refractivity contribution in [2.45, 2.75) is 13.2 Å². The van der Waals surface area contributed by atoms with Gasteiger partial charge in [0, 0.05) is 5.69 Å². The van der Waals surface area contributed by atoms with Gasteiger partial charge in [0.1, 0.15) is 12.8 Å². The lowest BCUT2D eigenvalue weighted by Crippen LogP contribution is -2.23. The minimum atomic E-state index is -0.500. The minimum Gasteiger partial charge on any atom is -0.447 e. The van der Waals surface area contributed by atoms with Crippen LogP contribution in [-0.2, 0) is 9.47 Å². The van der Waals surface area contributed by atoms with E-state index >= 15 is 0 Å². The Morgan fingerprint density at radius 1 is 1.38 bits per heavy atom. The molecule has 0 fully saturated rings. The molecule has 1 aromatic rings. The van der Waals surface area contributed by atoms with E-state index in [2.05, 4.69) is 5.32 Å². The van der Waals surface area contributed by atoms with E-state index in [1.165, 1.54) is 0 Å². The number of hydrogen-bond donors (Lipinski definition) is 2. The minimum absolute atomic E-state index is 0.181. The maximum Gasteiger partial charge on any atom is 0.411 e. The van der Waals surface area contributed by atoms with E-state index in [9.17, 15) is 4.79 Å². The summed E-state index contributed by atoms with van der Waals surface area (Å²) in [5, 5.41) is 2.58. The highest BCUT2D eigenvalue weighted by Gasteiger charge is 2.02. The molecule has 16 heavy (non-hydrogen) atoms. The van der Waals surface area contributed by atoms with E-state index < -0.39 is 6.09 Å². The largest absolute Gasteiger partial charge is 0.447 e. The Balaban J connectivity index is 2.17. The zero-order valence-electron chi connectivity index (χ0n) is 9.18. The molecule has 0 radical (unpaired) electrons. The topological polar surface area (TPSA) is 73.6 Å². The van der Waals surface area contributed by atoms with Crippen molar-refractivity contribution in [1.29, 1.82) is 0 Å². The second-order valence-electron chi connectivity index (χ2n) is 3.20. The Hall–Kier alpha value is -1.59. The molecule has 0 saturated carbocycles. The van der Waals surface area contributed by atoms with Gasteiger partial charge in [-0.15, -0.1) is 0 Å². The molecule has 0 spiro atoms. The van der Waals surface area contributed by atoms with Gasteiger partial charge in [-0.2, -0.15) is 0 Å². The molecule has 0 aromatic heterocycles. The van der Waals surface area contributed by atoms with Gasteiger partial charge in [0.15, 0.2) is 0 Å². The number of nitrogens with two attached hydrogens (primary N) is 1. The Labute approximate surface area is 94.5 Å². The second kappa shape index (κ2) is 6.81. The fraction of sp³-hybridized carbons (Fsp3) is 0.364. The van der Waals surface area contributed by atoms with E-state index in [4.69, 9.17) is 15.2 Å². The fourth-order valence-electron chi connectivity index (χ4n) is 1.04. The maximum absolute atomic E-state index is 11.2. The number of nitrogens with one attached hydrogen (secondary N) is 1. The maximum atomic E-state index is 11.2. The van der Waals surface area contributed by atoms with E-state index in [-0.39, 0.29) is 12.8 Å². The first kappa shape index (κ1) is 12.5. The van der Waals surface area contributed by atoms with Crippen molar-refractivity contribution in [2.75, 3.05) is 18.5 Å². The number of carbonyl (C=O) groups excluding carboxylic acids is 1. The summed E-state index contributed by atoms with van der Waals surface area (Å²) in [6, 6.07) is 9.08. The summed E-state index contributed by atoms with van der Waals surface area (Å²) in [5.74, 6) is 0. The van der Waals surface area contributed by atoms with Crippen LogP contribution in [0.25, 0.3) is 0 Å². The summed E-state index contributed by atoms with van der Waals surface area (Å²) >= 11 is 0. The van der Waals surface area contributed by atoms with Gasteiger partial charge < -0.3 is 15.2 Å². The van der Waals surface area contributed by atoms with Gasteiger partial charge in [0.25, 0.3) is 0 Å². The van der Waals surface area contributed by atoms with Crippen molar-refractivity contribution < 1.29 is 14.3 Å². The standard InChI is InChI=1S/C11H16N2O3/c1-9(12)15-7-8-16-11(14)13-10-5-3-2-4-6-10/h2-6,9H,7-8,12H2,1H3,(H,13,14). The molecule has 1 rings (SSSR count). The SMILES string of the molecule is CC(N)OCCOC(=O)Nc1ccccc1. The number of amides is 1. The average molecular weight is 224 g/mol. The van der Waals surface area contributed by atoms with Crippen molar-refractivity contribution >= 4 is 11.8 Å². The van der Waals surface area contributed by atoms with Crippen molar-refractivity contribution in [3.05, 3.63) is 30.3 Å². The molecule has 0 saturated heterocycles. The summed E-state index contributed by atoms with van der Waals surface area (Å²) in [6.07, 6.45) is -0.847. The predicted octanol–water partition coefficient (Wildman–Crippen LogP) is 1.56. The summed E-state index contributed by atoms with van der Waals surface area (Å²) < 4.78 is 9.88. The molecule has 1 atom stereocenters. The molecule has 1 unspecified atom stereocenters. The molecule has 5 nitrogen and oxygen atoms in total. The zero-order valence-corrected chi connectivity index (χ0v) is 9.18. The number of anilines is 1. The normalized spacial score (nSPS) is 11.9. The van der Waals surface area contributed by atoms with Crippen molar-refractivity contribution in [1.82, 2.24) is 0 Å². The van der Waals surface area contributed by atoms with Crippen LogP contribution in [0, 0.1) is 0 Å². The summed E-state index contributed by atoms with van der Waals surface area (Å²) in [6.45, 7) is 2.18. The first-order valence-corrected chi connectivity index (χ1v) is 5.04. The third-order valence-electron chi connectivity index (χ3n) is 1.72. The van der Waals surface area contributed by atoms with Gasteiger partial charge >= 0.3 is 6.09 Å². The molecule has 3 N–H and O–H groups in total. The Morgan fingerprint density at radius 2 is 2.06 bits per heavy atom. The number of rotatable bonds is 5. The van der Waals surface area contributed by atoms with Crippen LogP contribution in [-0.4, -0.2) is 25.5 Å². The number of benzene rings is 1. The Kier molecular flexibility index (Phi) is 5.31. The van der Waals surface area contributed by atoms with Crippen molar-refractivity contribution in [2.24, 2.45) is 5.73 Å². The predicted molar refractivity (Wildman–Crippen MR) is 61.0 cm³/mol. The van der Waals surface area contributed by atoms with E-state index in [0.29, 0.717) is 12.3 Å². The molecular formula is C11H16N2O3. The smallest absolute Gasteiger partial charge is 0.411 e. The van der Waals surface area contributed by atoms with E-state index in [1.807, 2.05) is 18.2 Å². The average Bonchev–Trinajstić information content (AvgIpc) is 2.25. The second-order valence-corrected chi connectivity index (χ2v) is 3.20. The van der Waals surface area contributed by atoms with Crippen LogP contribution in [0.5, 0.6) is 0 Å². The molecule has 0 aliphatic carbocycles. The monoisotopic (exact) mass is 224 g/mol. The molecule has 1 aromatic carbocycles. The summed E-state index contributed by atoms with van der Waals surface area (Å²) in [4.78, 5) is 11.2. The quantitative estimate of drug-likeness (QED) is 0.588. The Morgan fingerprint density at radius 3 is 2.69 bits per heavy atom. The van der Waals surface area contributed by atoms with Crippen LogP contribution in [0.3, 0.4) is 0 Å². The summed E-state index contributed by atoms with van der Waals surface area (Å²) in [7, 11) is 0. The van der Waals surface area contributed by atoms with Gasteiger partial charge in [-0.3, -0.25) is 5.32 Å². The van der Waals surface area contributed by atoms with Gasteiger partial charge in [0.05, 0.1) is 6.61 Å². The van der Waals surface area contributed by atoms with E-state index in [0.717, 1.165) is 0 Å². The zero-order chi connectivity index (χ0) is 11.8. The molecule has 0 bridgehead atoms. The lowest BCUT2D eigenvalue weighted by Gasteiger charge is -2.09. The van der Waals surface area contributed by atoms with Gasteiger partial charge in [-0.1, -0.05) is 18.2 Å².